The number of methoxy groups -OCH3 is 1. The number of ether oxygens (including phenoxy) is 1. The second kappa shape index (κ2) is 5.72. The fourth-order valence-corrected chi connectivity index (χ4v) is 3.19. The highest BCUT2D eigenvalue weighted by Gasteiger charge is 2.16. The molecule has 0 saturated heterocycles. The number of nitrogens with zero attached hydrogens (tertiary/aromatic N) is 1. The molecule has 19 heavy (non-hydrogen) atoms. The SMILES string of the molecule is CNC(C)c1sc(-c2ccc(C)cc2OC)nc1C. The number of aromatic nitrogens is 1. The number of hydrogen-bond donors (Lipinski definition) is 1. The Bertz CT molecular complexity index is 578. The van der Waals surface area contributed by atoms with Gasteiger partial charge >= 0.3 is 0 Å². The molecule has 4 heteroatoms. The van der Waals surface area contributed by atoms with E-state index < -0.39 is 0 Å². The first kappa shape index (κ1) is 14.0. The molecular weight excluding hydrogens is 256 g/mol. The van der Waals surface area contributed by atoms with Crippen molar-refractivity contribution in [3.8, 4) is 16.3 Å². The van der Waals surface area contributed by atoms with Crippen LogP contribution in [-0.2, 0) is 0 Å². The minimum atomic E-state index is 0.322. The standard InChI is InChI=1S/C15H20N2OS/c1-9-6-7-12(13(8-9)18-5)15-17-11(3)14(19-15)10(2)16-4/h6-8,10,16H,1-5H3. The fourth-order valence-electron chi connectivity index (χ4n) is 2.03. The minimum absolute atomic E-state index is 0.322. The van der Waals surface area contributed by atoms with Crippen LogP contribution in [0.15, 0.2) is 18.2 Å². The average Bonchev–Trinajstić information content (AvgIpc) is 2.79. The summed E-state index contributed by atoms with van der Waals surface area (Å²) in [5.74, 6) is 0.886. The highest BCUT2D eigenvalue weighted by atomic mass is 32.1. The van der Waals surface area contributed by atoms with Crippen molar-refractivity contribution in [2.75, 3.05) is 14.2 Å². The maximum atomic E-state index is 5.47. The topological polar surface area (TPSA) is 34.1 Å². The Morgan fingerprint density at radius 1 is 1.32 bits per heavy atom. The molecule has 0 amide bonds. The first-order valence-electron chi connectivity index (χ1n) is 6.36. The van der Waals surface area contributed by atoms with Gasteiger partial charge in [0.15, 0.2) is 0 Å². The van der Waals surface area contributed by atoms with E-state index in [2.05, 4.69) is 43.2 Å². The Morgan fingerprint density at radius 3 is 2.68 bits per heavy atom. The van der Waals surface area contributed by atoms with Gasteiger partial charge in [0.1, 0.15) is 10.8 Å². The smallest absolute Gasteiger partial charge is 0.129 e. The van der Waals surface area contributed by atoms with Gasteiger partial charge in [-0.3, -0.25) is 0 Å². The first-order valence-corrected chi connectivity index (χ1v) is 7.18. The monoisotopic (exact) mass is 276 g/mol. The second-order valence-electron chi connectivity index (χ2n) is 4.68. The van der Waals surface area contributed by atoms with Gasteiger partial charge in [-0.25, -0.2) is 4.98 Å². The van der Waals surface area contributed by atoms with Crippen molar-refractivity contribution in [3.05, 3.63) is 34.3 Å². The zero-order valence-corrected chi connectivity index (χ0v) is 12.9. The Hall–Kier alpha value is -1.39. The molecule has 1 atom stereocenters. The summed E-state index contributed by atoms with van der Waals surface area (Å²) in [4.78, 5) is 5.96. The number of thiazole rings is 1. The minimum Gasteiger partial charge on any atom is -0.496 e. The number of nitrogens with one attached hydrogen (secondary N) is 1. The van der Waals surface area contributed by atoms with E-state index in [0.29, 0.717) is 6.04 Å². The van der Waals surface area contributed by atoms with Crippen LogP contribution in [0.2, 0.25) is 0 Å². The summed E-state index contributed by atoms with van der Waals surface area (Å²) in [5, 5.41) is 4.28. The largest absolute Gasteiger partial charge is 0.496 e. The molecule has 0 aliphatic heterocycles. The lowest BCUT2D eigenvalue weighted by molar-refractivity contribution is 0.416. The maximum absolute atomic E-state index is 5.47. The molecule has 1 N–H and O–H groups in total. The molecule has 1 heterocycles. The molecule has 0 saturated carbocycles. The van der Waals surface area contributed by atoms with Crippen molar-refractivity contribution >= 4 is 11.3 Å². The van der Waals surface area contributed by atoms with E-state index >= 15 is 0 Å². The highest BCUT2D eigenvalue weighted by Crippen LogP contribution is 2.36. The van der Waals surface area contributed by atoms with E-state index in [4.69, 9.17) is 4.74 Å². The summed E-state index contributed by atoms with van der Waals surface area (Å²) in [6.07, 6.45) is 0. The van der Waals surface area contributed by atoms with E-state index in [0.717, 1.165) is 22.0 Å². The van der Waals surface area contributed by atoms with Gasteiger partial charge in [-0.05, 0) is 45.5 Å². The molecule has 1 aromatic heterocycles. The number of benzene rings is 1. The Balaban J connectivity index is 2.48. The predicted octanol–water partition coefficient (Wildman–Crippen LogP) is 3.72. The molecule has 1 aromatic carbocycles. The third kappa shape index (κ3) is 2.80. The zero-order valence-electron chi connectivity index (χ0n) is 12.1. The van der Waals surface area contributed by atoms with E-state index in [-0.39, 0.29) is 0 Å². The third-order valence-corrected chi connectivity index (χ3v) is 4.62. The summed E-state index contributed by atoms with van der Waals surface area (Å²) in [5.41, 5.74) is 3.35. The van der Waals surface area contributed by atoms with Gasteiger partial charge in [0.2, 0.25) is 0 Å². The van der Waals surface area contributed by atoms with Gasteiger partial charge in [-0.15, -0.1) is 11.3 Å². The van der Waals surface area contributed by atoms with E-state index in [9.17, 15) is 0 Å². The van der Waals surface area contributed by atoms with Crippen LogP contribution in [-0.4, -0.2) is 19.1 Å². The summed E-state index contributed by atoms with van der Waals surface area (Å²) >= 11 is 1.73. The van der Waals surface area contributed by atoms with Crippen LogP contribution in [0.5, 0.6) is 5.75 Å². The van der Waals surface area contributed by atoms with Crippen molar-refractivity contribution in [1.29, 1.82) is 0 Å². The zero-order chi connectivity index (χ0) is 14.0. The van der Waals surface area contributed by atoms with Crippen LogP contribution in [0.3, 0.4) is 0 Å². The van der Waals surface area contributed by atoms with E-state index in [1.54, 1.807) is 18.4 Å². The second-order valence-corrected chi connectivity index (χ2v) is 5.71. The molecule has 0 spiro atoms. The lowest BCUT2D eigenvalue weighted by Gasteiger charge is -2.08. The molecule has 0 radical (unpaired) electrons. The molecule has 0 bridgehead atoms. The van der Waals surface area contributed by atoms with Crippen LogP contribution in [0.1, 0.15) is 29.1 Å². The van der Waals surface area contributed by atoms with Gasteiger partial charge in [-0.2, -0.15) is 0 Å². The van der Waals surface area contributed by atoms with Crippen molar-refractivity contribution in [3.63, 3.8) is 0 Å². The third-order valence-electron chi connectivity index (χ3n) is 3.25. The van der Waals surface area contributed by atoms with E-state index in [1.807, 2.05) is 13.1 Å². The molecule has 2 rings (SSSR count). The van der Waals surface area contributed by atoms with Gasteiger partial charge < -0.3 is 10.1 Å². The predicted molar refractivity (Wildman–Crippen MR) is 81.1 cm³/mol. The summed E-state index contributed by atoms with van der Waals surface area (Å²) in [6, 6.07) is 6.55. The lowest BCUT2D eigenvalue weighted by Crippen LogP contribution is -2.11. The molecular formula is C15H20N2OS. The number of hydrogen-bond acceptors (Lipinski definition) is 4. The molecule has 102 valence electrons. The van der Waals surface area contributed by atoms with Gasteiger partial charge in [0, 0.05) is 10.9 Å². The first-order chi connectivity index (χ1) is 9.06. The molecule has 0 aliphatic carbocycles. The van der Waals surface area contributed by atoms with Gasteiger partial charge in [0.25, 0.3) is 0 Å². The normalized spacial score (nSPS) is 12.5. The average molecular weight is 276 g/mol. The lowest BCUT2D eigenvalue weighted by atomic mass is 10.1. The van der Waals surface area contributed by atoms with E-state index in [1.165, 1.54) is 10.4 Å². The van der Waals surface area contributed by atoms with Crippen molar-refractivity contribution in [1.82, 2.24) is 10.3 Å². The Kier molecular flexibility index (Phi) is 4.22. The molecule has 0 aliphatic rings. The van der Waals surface area contributed by atoms with Crippen LogP contribution >= 0.6 is 11.3 Å². The molecule has 2 aromatic rings. The van der Waals surface area contributed by atoms with Crippen LogP contribution in [0.25, 0.3) is 10.6 Å². The summed E-state index contributed by atoms with van der Waals surface area (Å²) in [7, 11) is 3.67. The fraction of sp³-hybridized carbons (Fsp3) is 0.400. The van der Waals surface area contributed by atoms with Gasteiger partial charge in [-0.1, -0.05) is 6.07 Å². The van der Waals surface area contributed by atoms with Gasteiger partial charge in [0.05, 0.1) is 18.4 Å². The summed E-state index contributed by atoms with van der Waals surface area (Å²) < 4.78 is 5.47. The van der Waals surface area contributed by atoms with Crippen LogP contribution < -0.4 is 10.1 Å². The molecule has 1 unspecified atom stereocenters. The quantitative estimate of drug-likeness (QED) is 0.924. The van der Waals surface area contributed by atoms with Crippen molar-refractivity contribution in [2.24, 2.45) is 0 Å². The maximum Gasteiger partial charge on any atom is 0.129 e. The van der Waals surface area contributed by atoms with Crippen molar-refractivity contribution in [2.45, 2.75) is 26.8 Å². The van der Waals surface area contributed by atoms with Crippen molar-refractivity contribution < 1.29 is 4.74 Å². The Morgan fingerprint density at radius 2 is 2.05 bits per heavy atom. The summed E-state index contributed by atoms with van der Waals surface area (Å²) in [6.45, 7) is 6.27. The molecule has 0 fully saturated rings. The highest BCUT2D eigenvalue weighted by molar-refractivity contribution is 7.15. The van der Waals surface area contributed by atoms with Crippen LogP contribution in [0.4, 0.5) is 0 Å². The molecule has 3 nitrogen and oxygen atoms in total. The Labute approximate surface area is 118 Å². The number of aryl methyl sites for hydroxylation is 2. The van der Waals surface area contributed by atoms with Crippen LogP contribution in [0, 0.1) is 13.8 Å². The number of rotatable bonds is 4.